The summed E-state index contributed by atoms with van der Waals surface area (Å²) in [4.78, 5) is 22.8. The summed E-state index contributed by atoms with van der Waals surface area (Å²) in [7, 11) is 0. The van der Waals surface area contributed by atoms with E-state index in [1.807, 2.05) is 0 Å². The van der Waals surface area contributed by atoms with Gasteiger partial charge in [0.25, 0.3) is 0 Å². The van der Waals surface area contributed by atoms with Crippen LogP contribution >= 0.6 is 0 Å². The maximum Gasteiger partial charge on any atom is 0.324 e. The molecule has 0 aromatic carbocycles. The molecule has 26 heavy (non-hydrogen) atoms. The fourth-order valence-electron chi connectivity index (χ4n) is 3.46. The van der Waals surface area contributed by atoms with Gasteiger partial charge in [-0.2, -0.15) is 0 Å². The first-order valence-electron chi connectivity index (χ1n) is 10.7. The zero-order chi connectivity index (χ0) is 19.3. The molecule has 0 aliphatic heterocycles. The van der Waals surface area contributed by atoms with Gasteiger partial charge >= 0.3 is 5.97 Å². The van der Waals surface area contributed by atoms with Crippen LogP contribution in [0.2, 0.25) is 0 Å². The number of hydrogen-bond donors (Lipinski definition) is 2. The molecule has 4 heteroatoms. The second kappa shape index (κ2) is 13.1. The van der Waals surface area contributed by atoms with Gasteiger partial charge < -0.3 is 10.8 Å². The largest absolute Gasteiger partial charge is 0.480 e. The highest BCUT2D eigenvalue weighted by Gasteiger charge is 2.60. The molecule has 0 aromatic heterocycles. The number of rotatable bonds is 17. The Balaban J connectivity index is 1.84. The Kier molecular flexibility index (Phi) is 11.5. The molecule has 1 rings (SSSR count). The summed E-state index contributed by atoms with van der Waals surface area (Å²) < 4.78 is 0. The van der Waals surface area contributed by atoms with Crippen molar-refractivity contribution in [1.82, 2.24) is 0 Å². The monoisotopic (exact) mass is 365 g/mol. The van der Waals surface area contributed by atoms with Crippen molar-refractivity contribution in [3.8, 4) is 0 Å². The minimum atomic E-state index is -1.26. The van der Waals surface area contributed by atoms with Gasteiger partial charge in [-0.3, -0.25) is 9.59 Å². The molecule has 3 N–H and O–H groups in total. The molecule has 150 valence electrons. The van der Waals surface area contributed by atoms with Crippen molar-refractivity contribution >= 4 is 11.8 Å². The number of nitrogens with two attached hydrogens (primary N) is 1. The Hall–Kier alpha value is -1.16. The van der Waals surface area contributed by atoms with E-state index in [4.69, 9.17) is 10.8 Å². The zero-order valence-electron chi connectivity index (χ0n) is 16.7. The van der Waals surface area contributed by atoms with Crippen LogP contribution in [-0.2, 0) is 9.59 Å². The van der Waals surface area contributed by atoms with E-state index in [2.05, 4.69) is 19.1 Å². The minimum Gasteiger partial charge on any atom is -0.480 e. The van der Waals surface area contributed by atoms with Gasteiger partial charge in [-0.25, -0.2) is 0 Å². The predicted octanol–water partition coefficient (Wildman–Crippen LogP) is 5.40. The first-order valence-corrected chi connectivity index (χ1v) is 10.7. The van der Waals surface area contributed by atoms with Gasteiger partial charge in [-0.05, 0) is 38.5 Å². The maximum atomic E-state index is 11.9. The molecule has 1 saturated carbocycles. The highest BCUT2D eigenvalue weighted by atomic mass is 16.4. The van der Waals surface area contributed by atoms with Crippen LogP contribution in [0.25, 0.3) is 0 Å². The Bertz CT molecular complexity index is 447. The van der Waals surface area contributed by atoms with Crippen LogP contribution in [0.3, 0.4) is 0 Å². The molecule has 0 spiro atoms. The molecule has 0 saturated heterocycles. The molecular formula is C22H39NO3. The second-order valence-corrected chi connectivity index (χ2v) is 7.90. The van der Waals surface area contributed by atoms with Gasteiger partial charge in [0.1, 0.15) is 11.3 Å². The summed E-state index contributed by atoms with van der Waals surface area (Å²) >= 11 is 0. The van der Waals surface area contributed by atoms with Crippen LogP contribution in [0, 0.1) is 5.92 Å². The number of ketones is 1. The molecule has 1 fully saturated rings. The summed E-state index contributed by atoms with van der Waals surface area (Å²) in [6, 6.07) is 0. The second-order valence-electron chi connectivity index (χ2n) is 7.90. The highest BCUT2D eigenvalue weighted by molar-refractivity contribution is 5.96. The number of carboxylic acids is 1. The van der Waals surface area contributed by atoms with Crippen molar-refractivity contribution in [3.05, 3.63) is 12.2 Å². The Morgan fingerprint density at radius 3 is 1.92 bits per heavy atom. The third-order valence-corrected chi connectivity index (χ3v) is 5.48. The first-order chi connectivity index (χ1) is 12.5. The SMILES string of the molecule is CCCCCCCC/C=C\CCCCCCCC(=O)C1CC1(N)C(=O)O. The third-order valence-electron chi connectivity index (χ3n) is 5.48. The van der Waals surface area contributed by atoms with Crippen LogP contribution in [0.1, 0.15) is 103 Å². The van der Waals surface area contributed by atoms with E-state index in [0.29, 0.717) is 12.8 Å². The van der Waals surface area contributed by atoms with Gasteiger partial charge in [0.2, 0.25) is 0 Å². The molecule has 1 aliphatic carbocycles. The lowest BCUT2D eigenvalue weighted by atomic mass is 10.0. The number of hydrogen-bond acceptors (Lipinski definition) is 3. The summed E-state index contributed by atoms with van der Waals surface area (Å²) in [5.41, 5.74) is 4.40. The lowest BCUT2D eigenvalue weighted by Crippen LogP contribution is -2.36. The minimum absolute atomic E-state index is 0.0347. The molecule has 1 aliphatic rings. The fraction of sp³-hybridized carbons (Fsp3) is 0.818. The van der Waals surface area contributed by atoms with Crippen LogP contribution in [0.4, 0.5) is 0 Å². The van der Waals surface area contributed by atoms with Crippen LogP contribution in [-0.4, -0.2) is 22.4 Å². The number of carboxylic acid groups (broad SMARTS) is 1. The smallest absolute Gasteiger partial charge is 0.324 e. The summed E-state index contributed by atoms with van der Waals surface area (Å²) in [5.74, 6) is -1.45. The van der Waals surface area contributed by atoms with Crippen LogP contribution < -0.4 is 5.73 Å². The average molecular weight is 366 g/mol. The standard InChI is InChI=1S/C22H39NO3/c1-2-3-4-5-6-7-8-9-10-11-12-13-14-15-16-17-20(24)19-18-22(19,23)21(25)26/h9-10,19H,2-8,11-18,23H2,1H3,(H,25,26)/b10-9-. The van der Waals surface area contributed by atoms with E-state index in [9.17, 15) is 9.59 Å². The normalized spacial score (nSPS) is 22.0. The van der Waals surface area contributed by atoms with E-state index < -0.39 is 17.4 Å². The molecular weight excluding hydrogens is 326 g/mol. The van der Waals surface area contributed by atoms with Gasteiger partial charge in [0, 0.05) is 12.3 Å². The molecule has 0 radical (unpaired) electrons. The van der Waals surface area contributed by atoms with Crippen LogP contribution in [0.5, 0.6) is 0 Å². The molecule has 0 aromatic rings. The van der Waals surface area contributed by atoms with Gasteiger partial charge in [-0.15, -0.1) is 0 Å². The zero-order valence-corrected chi connectivity index (χ0v) is 16.7. The molecule has 0 heterocycles. The summed E-state index contributed by atoms with van der Waals surface area (Å²) in [5, 5.41) is 8.95. The van der Waals surface area contributed by atoms with E-state index in [0.717, 1.165) is 25.7 Å². The van der Waals surface area contributed by atoms with E-state index in [1.54, 1.807) is 0 Å². The highest BCUT2D eigenvalue weighted by Crippen LogP contribution is 2.42. The fourth-order valence-corrected chi connectivity index (χ4v) is 3.46. The van der Waals surface area contributed by atoms with Gasteiger partial charge in [-0.1, -0.05) is 70.4 Å². The Morgan fingerprint density at radius 1 is 0.923 bits per heavy atom. The van der Waals surface area contributed by atoms with Crippen molar-refractivity contribution in [1.29, 1.82) is 0 Å². The lowest BCUT2D eigenvalue weighted by Gasteiger charge is -2.04. The lowest BCUT2D eigenvalue weighted by molar-refractivity contribution is -0.141. The van der Waals surface area contributed by atoms with Crippen molar-refractivity contribution < 1.29 is 14.7 Å². The van der Waals surface area contributed by atoms with E-state index in [-0.39, 0.29) is 5.78 Å². The molecule has 0 bridgehead atoms. The third kappa shape index (κ3) is 8.98. The number of carbonyl (C=O) groups is 2. The Labute approximate surface area is 159 Å². The van der Waals surface area contributed by atoms with E-state index >= 15 is 0 Å². The Morgan fingerprint density at radius 2 is 1.42 bits per heavy atom. The van der Waals surface area contributed by atoms with Gasteiger partial charge in [0.05, 0.1) is 0 Å². The number of Topliss-reactive ketones (excluding diaryl/α,β-unsaturated/α-hetero) is 1. The van der Waals surface area contributed by atoms with E-state index in [1.165, 1.54) is 57.8 Å². The molecule has 4 nitrogen and oxygen atoms in total. The average Bonchev–Trinajstić information content (AvgIpc) is 3.32. The quantitative estimate of drug-likeness (QED) is 0.267. The molecule has 2 atom stereocenters. The first kappa shape index (κ1) is 22.9. The van der Waals surface area contributed by atoms with Crippen LogP contribution in [0.15, 0.2) is 12.2 Å². The topological polar surface area (TPSA) is 80.4 Å². The van der Waals surface area contributed by atoms with Crippen molar-refractivity contribution in [3.63, 3.8) is 0 Å². The number of allylic oxidation sites excluding steroid dienone is 2. The summed E-state index contributed by atoms with van der Waals surface area (Å²) in [6.07, 6.45) is 21.4. The predicted molar refractivity (Wildman–Crippen MR) is 107 cm³/mol. The van der Waals surface area contributed by atoms with Crippen molar-refractivity contribution in [2.24, 2.45) is 11.7 Å². The van der Waals surface area contributed by atoms with Crippen molar-refractivity contribution in [2.45, 2.75) is 109 Å². The molecule has 0 amide bonds. The number of aliphatic carboxylic acids is 1. The number of unbranched alkanes of at least 4 members (excludes halogenated alkanes) is 11. The summed E-state index contributed by atoms with van der Waals surface area (Å²) in [6.45, 7) is 2.25. The molecule has 2 unspecified atom stereocenters. The van der Waals surface area contributed by atoms with Crippen molar-refractivity contribution in [2.75, 3.05) is 0 Å². The number of carbonyl (C=O) groups excluding carboxylic acids is 1. The van der Waals surface area contributed by atoms with Gasteiger partial charge in [0.15, 0.2) is 0 Å². The maximum absolute atomic E-state index is 11.9.